The molecule has 0 heterocycles. The fourth-order valence-electron chi connectivity index (χ4n) is 2.14. The standard InChI is InChI=1S/C18H22FNO/c1-18(2,3)14-8-6-9-15(11-14)21-17-13(12-20-4)7-5-10-16(17)19/h5-11,20H,12H2,1-4H3. The van der Waals surface area contributed by atoms with Crippen molar-refractivity contribution in [1.82, 2.24) is 5.32 Å². The number of hydrogen-bond acceptors (Lipinski definition) is 2. The zero-order chi connectivity index (χ0) is 15.5. The Balaban J connectivity index is 2.34. The van der Waals surface area contributed by atoms with Gasteiger partial charge in [-0.15, -0.1) is 0 Å². The van der Waals surface area contributed by atoms with Gasteiger partial charge in [-0.25, -0.2) is 4.39 Å². The van der Waals surface area contributed by atoms with E-state index in [9.17, 15) is 4.39 Å². The molecule has 112 valence electrons. The molecule has 0 aliphatic carbocycles. The minimum atomic E-state index is -0.344. The monoisotopic (exact) mass is 287 g/mol. The first-order valence-electron chi connectivity index (χ1n) is 7.12. The average molecular weight is 287 g/mol. The van der Waals surface area contributed by atoms with E-state index >= 15 is 0 Å². The fourth-order valence-corrected chi connectivity index (χ4v) is 2.14. The highest BCUT2D eigenvalue weighted by Gasteiger charge is 2.15. The van der Waals surface area contributed by atoms with Crippen molar-refractivity contribution in [3.05, 3.63) is 59.4 Å². The molecule has 2 rings (SSSR count). The van der Waals surface area contributed by atoms with E-state index in [0.29, 0.717) is 12.3 Å². The molecule has 0 aliphatic rings. The summed E-state index contributed by atoms with van der Waals surface area (Å²) in [6, 6.07) is 12.8. The van der Waals surface area contributed by atoms with Crippen LogP contribution in [0.2, 0.25) is 0 Å². The third-order valence-corrected chi connectivity index (χ3v) is 3.34. The Kier molecular flexibility index (Phi) is 4.63. The highest BCUT2D eigenvalue weighted by atomic mass is 19.1. The molecule has 0 saturated carbocycles. The lowest BCUT2D eigenvalue weighted by atomic mass is 9.87. The second-order valence-electron chi connectivity index (χ2n) is 6.14. The van der Waals surface area contributed by atoms with Crippen LogP contribution in [0.25, 0.3) is 0 Å². The van der Waals surface area contributed by atoms with Gasteiger partial charge in [-0.2, -0.15) is 0 Å². The molecule has 2 nitrogen and oxygen atoms in total. The summed E-state index contributed by atoms with van der Waals surface area (Å²) in [5, 5.41) is 3.03. The van der Waals surface area contributed by atoms with E-state index in [1.54, 1.807) is 6.07 Å². The van der Waals surface area contributed by atoms with Gasteiger partial charge in [0.15, 0.2) is 11.6 Å². The van der Waals surface area contributed by atoms with Crippen molar-refractivity contribution in [3.63, 3.8) is 0 Å². The molecule has 0 atom stereocenters. The predicted octanol–water partition coefficient (Wildman–Crippen LogP) is 4.63. The number of halogens is 1. The number of hydrogen-bond donors (Lipinski definition) is 1. The van der Waals surface area contributed by atoms with Crippen LogP contribution in [0, 0.1) is 5.82 Å². The quantitative estimate of drug-likeness (QED) is 0.885. The minimum Gasteiger partial charge on any atom is -0.454 e. The molecule has 0 amide bonds. The van der Waals surface area contributed by atoms with Crippen molar-refractivity contribution in [1.29, 1.82) is 0 Å². The Morgan fingerprint density at radius 3 is 2.48 bits per heavy atom. The van der Waals surface area contributed by atoms with Crippen LogP contribution in [-0.2, 0) is 12.0 Å². The van der Waals surface area contributed by atoms with Gasteiger partial charge in [0, 0.05) is 12.1 Å². The summed E-state index contributed by atoms with van der Waals surface area (Å²) in [4.78, 5) is 0. The van der Waals surface area contributed by atoms with Gasteiger partial charge < -0.3 is 10.1 Å². The smallest absolute Gasteiger partial charge is 0.167 e. The molecule has 0 bridgehead atoms. The van der Waals surface area contributed by atoms with Crippen LogP contribution in [0.15, 0.2) is 42.5 Å². The Morgan fingerprint density at radius 1 is 1.10 bits per heavy atom. The highest BCUT2D eigenvalue weighted by Crippen LogP contribution is 2.31. The molecule has 0 fully saturated rings. The second kappa shape index (κ2) is 6.27. The Morgan fingerprint density at radius 2 is 1.81 bits per heavy atom. The van der Waals surface area contributed by atoms with Gasteiger partial charge in [0.25, 0.3) is 0 Å². The number of rotatable bonds is 4. The van der Waals surface area contributed by atoms with Gasteiger partial charge in [0.05, 0.1) is 0 Å². The van der Waals surface area contributed by atoms with E-state index in [2.05, 4.69) is 32.2 Å². The Bertz CT molecular complexity index is 617. The van der Waals surface area contributed by atoms with Crippen LogP contribution in [0.1, 0.15) is 31.9 Å². The molecular weight excluding hydrogens is 265 g/mol. The molecule has 0 spiro atoms. The molecule has 0 aromatic heterocycles. The van der Waals surface area contributed by atoms with Crippen LogP contribution < -0.4 is 10.1 Å². The van der Waals surface area contributed by atoms with Crippen molar-refractivity contribution in [2.45, 2.75) is 32.7 Å². The number of benzene rings is 2. The summed E-state index contributed by atoms with van der Waals surface area (Å²) >= 11 is 0. The minimum absolute atomic E-state index is 0.0302. The van der Waals surface area contributed by atoms with E-state index in [-0.39, 0.29) is 17.0 Å². The zero-order valence-corrected chi connectivity index (χ0v) is 13.0. The van der Waals surface area contributed by atoms with Gasteiger partial charge in [0.2, 0.25) is 0 Å². The van der Waals surface area contributed by atoms with Crippen LogP contribution in [0.3, 0.4) is 0 Å². The number of para-hydroxylation sites is 1. The first-order valence-corrected chi connectivity index (χ1v) is 7.12. The number of ether oxygens (including phenoxy) is 1. The van der Waals surface area contributed by atoms with Crippen LogP contribution in [-0.4, -0.2) is 7.05 Å². The maximum atomic E-state index is 14.0. The van der Waals surface area contributed by atoms with E-state index in [1.165, 1.54) is 6.07 Å². The lowest BCUT2D eigenvalue weighted by Gasteiger charge is -2.20. The maximum absolute atomic E-state index is 14.0. The molecular formula is C18H22FNO. The summed E-state index contributed by atoms with van der Waals surface area (Å²) in [7, 11) is 1.83. The van der Waals surface area contributed by atoms with Gasteiger partial charge >= 0.3 is 0 Å². The van der Waals surface area contributed by atoms with Crippen LogP contribution >= 0.6 is 0 Å². The van der Waals surface area contributed by atoms with Crippen LogP contribution in [0.4, 0.5) is 4.39 Å². The van der Waals surface area contributed by atoms with Gasteiger partial charge in [-0.05, 0) is 36.2 Å². The first-order chi connectivity index (χ1) is 9.91. The normalized spacial score (nSPS) is 11.5. The van der Waals surface area contributed by atoms with Gasteiger partial charge in [0.1, 0.15) is 5.75 Å². The largest absolute Gasteiger partial charge is 0.454 e. The third kappa shape index (κ3) is 3.82. The molecule has 2 aromatic rings. The van der Waals surface area contributed by atoms with E-state index in [4.69, 9.17) is 4.74 Å². The average Bonchev–Trinajstić information content (AvgIpc) is 2.42. The van der Waals surface area contributed by atoms with Gasteiger partial charge in [-0.1, -0.05) is 45.0 Å². The fraction of sp³-hybridized carbons (Fsp3) is 0.333. The van der Waals surface area contributed by atoms with Crippen molar-refractivity contribution in [3.8, 4) is 11.5 Å². The Labute approximate surface area is 126 Å². The highest BCUT2D eigenvalue weighted by molar-refractivity contribution is 5.41. The Hall–Kier alpha value is -1.87. The van der Waals surface area contributed by atoms with Crippen molar-refractivity contribution >= 4 is 0 Å². The maximum Gasteiger partial charge on any atom is 0.167 e. The molecule has 1 N–H and O–H groups in total. The molecule has 0 unspecified atom stereocenters. The van der Waals surface area contributed by atoms with E-state index in [0.717, 1.165) is 11.1 Å². The van der Waals surface area contributed by atoms with Crippen LogP contribution in [0.5, 0.6) is 11.5 Å². The van der Waals surface area contributed by atoms with Crippen molar-refractivity contribution in [2.24, 2.45) is 0 Å². The summed E-state index contributed by atoms with van der Waals surface area (Å²) in [6.45, 7) is 6.98. The SMILES string of the molecule is CNCc1cccc(F)c1Oc1cccc(C(C)(C)C)c1. The molecule has 21 heavy (non-hydrogen) atoms. The summed E-state index contributed by atoms with van der Waals surface area (Å²) < 4.78 is 19.9. The lowest BCUT2D eigenvalue weighted by Crippen LogP contribution is -2.11. The molecule has 0 saturated heterocycles. The molecule has 0 aliphatic heterocycles. The molecule has 2 aromatic carbocycles. The second-order valence-corrected chi connectivity index (χ2v) is 6.14. The van der Waals surface area contributed by atoms with Crippen molar-refractivity contribution < 1.29 is 9.13 Å². The predicted molar refractivity (Wildman–Crippen MR) is 84.4 cm³/mol. The summed E-state index contributed by atoms with van der Waals surface area (Å²) in [6.07, 6.45) is 0. The first kappa shape index (κ1) is 15.5. The van der Waals surface area contributed by atoms with E-state index in [1.807, 2.05) is 31.3 Å². The zero-order valence-electron chi connectivity index (χ0n) is 13.0. The van der Waals surface area contributed by atoms with E-state index < -0.39 is 0 Å². The van der Waals surface area contributed by atoms with Crippen molar-refractivity contribution in [2.75, 3.05) is 7.05 Å². The van der Waals surface area contributed by atoms with Gasteiger partial charge in [-0.3, -0.25) is 0 Å². The lowest BCUT2D eigenvalue weighted by molar-refractivity contribution is 0.432. The number of nitrogens with one attached hydrogen (secondary N) is 1. The summed E-state index contributed by atoms with van der Waals surface area (Å²) in [5.74, 6) is 0.603. The third-order valence-electron chi connectivity index (χ3n) is 3.34. The summed E-state index contributed by atoms with van der Waals surface area (Å²) in [5.41, 5.74) is 1.99. The topological polar surface area (TPSA) is 21.3 Å². The molecule has 0 radical (unpaired) electrons. The molecule has 3 heteroatoms.